The number of rotatable bonds is 13. The van der Waals surface area contributed by atoms with Crippen molar-refractivity contribution < 1.29 is 15.1 Å². The molecule has 0 radical (unpaired) electrons. The van der Waals surface area contributed by atoms with Crippen molar-refractivity contribution in [2.45, 2.75) is 44.8 Å². The normalized spacial score (nSPS) is 13.6. The summed E-state index contributed by atoms with van der Waals surface area (Å²) in [5.74, 6) is 0. The van der Waals surface area contributed by atoms with Gasteiger partial charge in [0, 0.05) is 12.1 Å². The zero-order valence-electron chi connectivity index (χ0n) is 14.3. The van der Waals surface area contributed by atoms with Crippen molar-refractivity contribution in [2.75, 3.05) is 26.2 Å². The molecule has 0 fully saturated rings. The molecule has 7 nitrogen and oxygen atoms in total. The standard InChI is InChI=1S/C17H29N3O4/c1-2-18-11-5-3-4-6-12-19-16(13-21)17(22)14-7-9-15(10-8-14)20(23)24/h7-10,16-19,21-22H,2-6,11-13H2,1H3/t16-,17-/m1/s1. The third-order valence-electron chi connectivity index (χ3n) is 3.96. The molecule has 0 aliphatic rings. The Balaban J connectivity index is 2.33. The van der Waals surface area contributed by atoms with E-state index in [0.717, 1.165) is 45.3 Å². The van der Waals surface area contributed by atoms with Crippen LogP contribution in [0.2, 0.25) is 0 Å². The highest BCUT2D eigenvalue weighted by Crippen LogP contribution is 2.20. The molecule has 24 heavy (non-hydrogen) atoms. The lowest BCUT2D eigenvalue weighted by molar-refractivity contribution is -0.384. The second-order valence-corrected chi connectivity index (χ2v) is 5.80. The second kappa shape index (κ2) is 11.9. The SMILES string of the molecule is CCNCCCCCCN[C@H](CO)[C@H](O)c1ccc([N+](=O)[O-])cc1. The molecule has 0 heterocycles. The summed E-state index contributed by atoms with van der Waals surface area (Å²) in [6.07, 6.45) is 3.50. The van der Waals surface area contributed by atoms with E-state index in [1.807, 2.05) is 0 Å². The van der Waals surface area contributed by atoms with Gasteiger partial charge in [-0.05, 0) is 50.2 Å². The number of nitro groups is 1. The number of hydrogen-bond acceptors (Lipinski definition) is 6. The van der Waals surface area contributed by atoms with Gasteiger partial charge < -0.3 is 20.8 Å². The predicted molar refractivity (Wildman–Crippen MR) is 93.9 cm³/mol. The van der Waals surface area contributed by atoms with Crippen molar-refractivity contribution in [2.24, 2.45) is 0 Å². The van der Waals surface area contributed by atoms with E-state index in [1.54, 1.807) is 0 Å². The first-order valence-electron chi connectivity index (χ1n) is 8.57. The summed E-state index contributed by atoms with van der Waals surface area (Å²) >= 11 is 0. The van der Waals surface area contributed by atoms with Crippen molar-refractivity contribution in [1.82, 2.24) is 10.6 Å². The van der Waals surface area contributed by atoms with Crippen molar-refractivity contribution in [3.8, 4) is 0 Å². The van der Waals surface area contributed by atoms with Crippen LogP contribution in [0.3, 0.4) is 0 Å². The van der Waals surface area contributed by atoms with Crippen LogP contribution in [0.4, 0.5) is 5.69 Å². The van der Waals surface area contributed by atoms with Gasteiger partial charge >= 0.3 is 0 Å². The first kappa shape index (κ1) is 20.5. The zero-order chi connectivity index (χ0) is 17.8. The largest absolute Gasteiger partial charge is 0.395 e. The maximum atomic E-state index is 10.6. The molecule has 0 amide bonds. The number of nitro benzene ring substituents is 1. The molecule has 1 aromatic rings. The van der Waals surface area contributed by atoms with Gasteiger partial charge in [-0.3, -0.25) is 10.1 Å². The van der Waals surface area contributed by atoms with Crippen LogP contribution in [0.25, 0.3) is 0 Å². The van der Waals surface area contributed by atoms with Gasteiger partial charge in [0.2, 0.25) is 0 Å². The minimum Gasteiger partial charge on any atom is -0.395 e. The Morgan fingerprint density at radius 3 is 2.29 bits per heavy atom. The first-order valence-corrected chi connectivity index (χ1v) is 8.57. The average molecular weight is 339 g/mol. The fourth-order valence-electron chi connectivity index (χ4n) is 2.49. The highest BCUT2D eigenvalue weighted by molar-refractivity contribution is 5.34. The average Bonchev–Trinajstić information content (AvgIpc) is 2.60. The molecule has 0 bridgehead atoms. The summed E-state index contributed by atoms with van der Waals surface area (Å²) < 4.78 is 0. The molecular formula is C17H29N3O4. The second-order valence-electron chi connectivity index (χ2n) is 5.80. The van der Waals surface area contributed by atoms with Gasteiger partial charge in [-0.15, -0.1) is 0 Å². The van der Waals surface area contributed by atoms with Gasteiger partial charge in [-0.1, -0.05) is 19.8 Å². The molecular weight excluding hydrogens is 310 g/mol. The number of hydrogen-bond donors (Lipinski definition) is 4. The van der Waals surface area contributed by atoms with Crippen LogP contribution in [-0.4, -0.2) is 47.4 Å². The van der Waals surface area contributed by atoms with Gasteiger partial charge in [-0.25, -0.2) is 0 Å². The van der Waals surface area contributed by atoms with E-state index in [0.29, 0.717) is 5.56 Å². The molecule has 0 unspecified atom stereocenters. The smallest absolute Gasteiger partial charge is 0.269 e. The maximum absolute atomic E-state index is 10.6. The minimum absolute atomic E-state index is 0.0166. The molecule has 1 aromatic carbocycles. The number of benzene rings is 1. The number of aliphatic hydroxyl groups excluding tert-OH is 2. The predicted octanol–water partition coefficient (Wildman–Crippen LogP) is 1.75. The molecule has 0 saturated heterocycles. The van der Waals surface area contributed by atoms with Crippen LogP contribution in [0.5, 0.6) is 0 Å². The van der Waals surface area contributed by atoms with Gasteiger partial charge in [0.15, 0.2) is 0 Å². The Hall–Kier alpha value is -1.54. The fraction of sp³-hybridized carbons (Fsp3) is 0.647. The van der Waals surface area contributed by atoms with Crippen LogP contribution in [-0.2, 0) is 0 Å². The number of nitrogens with zero attached hydrogens (tertiary/aromatic N) is 1. The summed E-state index contributed by atoms with van der Waals surface area (Å²) in [5, 5.41) is 36.9. The van der Waals surface area contributed by atoms with Crippen LogP contribution >= 0.6 is 0 Å². The molecule has 0 aromatic heterocycles. The van der Waals surface area contributed by atoms with Gasteiger partial charge in [-0.2, -0.15) is 0 Å². The van der Waals surface area contributed by atoms with E-state index in [1.165, 1.54) is 24.3 Å². The number of aliphatic hydroxyl groups is 2. The molecule has 7 heteroatoms. The van der Waals surface area contributed by atoms with E-state index in [4.69, 9.17) is 0 Å². The van der Waals surface area contributed by atoms with Gasteiger partial charge in [0.25, 0.3) is 5.69 Å². The molecule has 0 spiro atoms. The topological polar surface area (TPSA) is 108 Å². The maximum Gasteiger partial charge on any atom is 0.269 e. The third kappa shape index (κ3) is 7.35. The summed E-state index contributed by atoms with van der Waals surface area (Å²) in [7, 11) is 0. The lowest BCUT2D eigenvalue weighted by Crippen LogP contribution is -2.38. The van der Waals surface area contributed by atoms with Crippen molar-refractivity contribution in [3.05, 3.63) is 39.9 Å². The van der Waals surface area contributed by atoms with Crippen LogP contribution in [0, 0.1) is 10.1 Å². The highest BCUT2D eigenvalue weighted by Gasteiger charge is 2.20. The molecule has 4 N–H and O–H groups in total. The molecule has 0 aliphatic heterocycles. The van der Waals surface area contributed by atoms with Crippen LogP contribution in [0.15, 0.2) is 24.3 Å². The number of non-ortho nitro benzene ring substituents is 1. The molecule has 136 valence electrons. The lowest BCUT2D eigenvalue weighted by Gasteiger charge is -2.22. The van der Waals surface area contributed by atoms with Crippen molar-refractivity contribution in [3.63, 3.8) is 0 Å². The summed E-state index contributed by atoms with van der Waals surface area (Å²) in [6, 6.07) is 5.28. The van der Waals surface area contributed by atoms with Crippen LogP contribution in [0.1, 0.15) is 44.3 Å². The Kier molecular flexibility index (Phi) is 10.2. The van der Waals surface area contributed by atoms with Crippen molar-refractivity contribution in [1.29, 1.82) is 0 Å². The third-order valence-corrected chi connectivity index (χ3v) is 3.96. The summed E-state index contributed by atoms with van der Waals surface area (Å²) in [5.41, 5.74) is 0.537. The van der Waals surface area contributed by atoms with E-state index in [9.17, 15) is 20.3 Å². The van der Waals surface area contributed by atoms with Gasteiger partial charge in [0.05, 0.1) is 23.7 Å². The van der Waals surface area contributed by atoms with E-state index in [2.05, 4.69) is 17.6 Å². The highest BCUT2D eigenvalue weighted by atomic mass is 16.6. The molecule has 1 rings (SSSR count). The van der Waals surface area contributed by atoms with E-state index in [-0.39, 0.29) is 12.3 Å². The Morgan fingerprint density at radius 1 is 1.12 bits per heavy atom. The minimum atomic E-state index is -0.899. The number of unbranched alkanes of at least 4 members (excludes halogenated alkanes) is 3. The monoisotopic (exact) mass is 339 g/mol. The number of nitrogens with one attached hydrogen (secondary N) is 2. The first-order chi connectivity index (χ1) is 11.6. The quantitative estimate of drug-likeness (QED) is 0.248. The Morgan fingerprint density at radius 2 is 1.75 bits per heavy atom. The summed E-state index contributed by atoms with van der Waals surface area (Å²) in [6.45, 7) is 4.66. The molecule has 0 aliphatic carbocycles. The Labute approximate surface area is 143 Å². The van der Waals surface area contributed by atoms with E-state index >= 15 is 0 Å². The summed E-state index contributed by atoms with van der Waals surface area (Å²) in [4.78, 5) is 10.2. The zero-order valence-corrected chi connectivity index (χ0v) is 14.3. The molecule has 0 saturated carbocycles. The Bertz CT molecular complexity index is 467. The van der Waals surface area contributed by atoms with Crippen LogP contribution < -0.4 is 10.6 Å². The molecule has 2 atom stereocenters. The van der Waals surface area contributed by atoms with Gasteiger partial charge in [0.1, 0.15) is 0 Å². The van der Waals surface area contributed by atoms with Crippen molar-refractivity contribution >= 4 is 5.69 Å². The van der Waals surface area contributed by atoms with E-state index < -0.39 is 17.1 Å². The lowest BCUT2D eigenvalue weighted by atomic mass is 10.0. The fourth-order valence-corrected chi connectivity index (χ4v) is 2.49.